The second kappa shape index (κ2) is 7.08. The lowest BCUT2D eigenvalue weighted by atomic mass is 9.66. The van der Waals surface area contributed by atoms with Crippen molar-refractivity contribution in [3.05, 3.63) is 0 Å². The molecule has 0 aromatic rings. The van der Waals surface area contributed by atoms with E-state index in [2.05, 4.69) is 34.6 Å². The third-order valence-electron chi connectivity index (χ3n) is 4.70. The van der Waals surface area contributed by atoms with Crippen LogP contribution in [0.1, 0.15) is 80.1 Å². The number of ketones is 1. The third-order valence-corrected chi connectivity index (χ3v) is 4.70. The Hall–Kier alpha value is -0.345. The molecule has 0 amide bonds. The Bertz CT molecular complexity index is 310. The van der Waals surface area contributed by atoms with E-state index in [1.807, 2.05) is 0 Å². The van der Waals surface area contributed by atoms with Crippen molar-refractivity contribution >= 4 is 12.9 Å². The van der Waals surface area contributed by atoms with Gasteiger partial charge in [0.05, 0.1) is 11.2 Å². The molecule has 0 aliphatic carbocycles. The zero-order chi connectivity index (χ0) is 15.4. The maximum Gasteiger partial charge on any atom is 0.461 e. The molecule has 20 heavy (non-hydrogen) atoms. The normalized spacial score (nSPS) is 22.0. The quantitative estimate of drug-likeness (QED) is 0.489. The molecular formula is C16H31BO3. The van der Waals surface area contributed by atoms with Crippen LogP contribution >= 0.6 is 0 Å². The highest BCUT2D eigenvalue weighted by Crippen LogP contribution is 2.42. The van der Waals surface area contributed by atoms with Crippen LogP contribution in [0.3, 0.4) is 0 Å². The molecule has 4 heteroatoms. The molecule has 0 aromatic carbocycles. The van der Waals surface area contributed by atoms with E-state index in [0.717, 1.165) is 12.8 Å². The van der Waals surface area contributed by atoms with Crippen LogP contribution in [-0.2, 0) is 14.1 Å². The van der Waals surface area contributed by atoms with Crippen molar-refractivity contribution in [2.75, 3.05) is 0 Å². The first-order valence-electron chi connectivity index (χ1n) is 8.04. The molecule has 116 valence electrons. The van der Waals surface area contributed by atoms with Crippen LogP contribution < -0.4 is 0 Å². The summed E-state index contributed by atoms with van der Waals surface area (Å²) in [5.74, 6) is 0.577. The molecule has 0 N–H and O–H groups in total. The summed E-state index contributed by atoms with van der Waals surface area (Å²) < 4.78 is 12.3. The summed E-state index contributed by atoms with van der Waals surface area (Å²) in [5, 5.41) is 0. The number of unbranched alkanes of at least 4 members (excludes halogenated alkanes) is 2. The van der Waals surface area contributed by atoms with E-state index < -0.39 is 0 Å². The van der Waals surface area contributed by atoms with Gasteiger partial charge in [-0.15, -0.1) is 0 Å². The molecule has 3 nitrogen and oxygen atoms in total. The van der Waals surface area contributed by atoms with Gasteiger partial charge in [-0.05, 0) is 46.9 Å². The van der Waals surface area contributed by atoms with Gasteiger partial charge in [-0.2, -0.15) is 0 Å². The molecule has 1 aliphatic rings. The van der Waals surface area contributed by atoms with Crippen molar-refractivity contribution in [3.63, 3.8) is 0 Å². The van der Waals surface area contributed by atoms with E-state index in [4.69, 9.17) is 9.31 Å². The number of rotatable bonds is 8. The predicted octanol–water partition coefficient (Wildman–Crippen LogP) is 4.40. The average molecular weight is 282 g/mol. The Labute approximate surface area is 124 Å². The molecule has 0 spiro atoms. The van der Waals surface area contributed by atoms with Gasteiger partial charge in [-0.3, -0.25) is 0 Å². The van der Waals surface area contributed by atoms with Gasteiger partial charge in [0.1, 0.15) is 5.78 Å². The molecule has 0 bridgehead atoms. The van der Waals surface area contributed by atoms with Gasteiger partial charge in [0.15, 0.2) is 0 Å². The van der Waals surface area contributed by atoms with Crippen LogP contribution in [-0.4, -0.2) is 24.1 Å². The second-order valence-corrected chi connectivity index (χ2v) is 7.12. The Morgan fingerprint density at radius 3 is 2.05 bits per heavy atom. The van der Waals surface area contributed by atoms with Crippen LogP contribution in [0.15, 0.2) is 0 Å². The average Bonchev–Trinajstić information content (AvgIpc) is 2.52. The lowest BCUT2D eigenvalue weighted by Crippen LogP contribution is -2.41. The maximum atomic E-state index is 11.3. The molecule has 1 atom stereocenters. The predicted molar refractivity (Wildman–Crippen MR) is 83.9 cm³/mol. The molecule has 1 rings (SSSR count). The monoisotopic (exact) mass is 282 g/mol. The summed E-state index contributed by atoms with van der Waals surface area (Å²) in [6, 6.07) is 0. The minimum Gasteiger partial charge on any atom is -0.403 e. The zero-order valence-corrected chi connectivity index (χ0v) is 14.1. The molecule has 1 aliphatic heterocycles. The topological polar surface area (TPSA) is 35.5 Å². The van der Waals surface area contributed by atoms with Gasteiger partial charge < -0.3 is 14.1 Å². The molecule has 1 saturated heterocycles. The van der Waals surface area contributed by atoms with Crippen molar-refractivity contribution in [2.24, 2.45) is 0 Å². The first kappa shape index (κ1) is 17.7. The van der Waals surface area contributed by atoms with Crippen molar-refractivity contribution in [3.8, 4) is 0 Å². The van der Waals surface area contributed by atoms with Gasteiger partial charge >= 0.3 is 7.12 Å². The SMILES string of the molecule is CCCCCC(CCC(C)=O)B1OC(C)(C)C(C)(C)O1. The van der Waals surface area contributed by atoms with E-state index in [1.165, 1.54) is 19.3 Å². The van der Waals surface area contributed by atoms with Crippen LogP contribution in [0, 0.1) is 0 Å². The minimum absolute atomic E-state index is 0.170. The molecule has 0 radical (unpaired) electrons. The number of Topliss-reactive ketones (excluding diaryl/α,β-unsaturated/α-hetero) is 1. The lowest BCUT2D eigenvalue weighted by molar-refractivity contribution is -0.117. The van der Waals surface area contributed by atoms with Crippen molar-refractivity contribution in [1.82, 2.24) is 0 Å². The Morgan fingerprint density at radius 1 is 1.05 bits per heavy atom. The summed E-state index contributed by atoms with van der Waals surface area (Å²) in [5.41, 5.74) is -0.562. The first-order chi connectivity index (χ1) is 9.19. The molecule has 1 unspecified atom stereocenters. The molecular weight excluding hydrogens is 251 g/mol. The highest BCUT2D eigenvalue weighted by Gasteiger charge is 2.53. The Morgan fingerprint density at radius 2 is 1.60 bits per heavy atom. The standard InChI is InChI=1S/C16H31BO3/c1-7-8-9-10-14(12-11-13(2)18)17-19-15(3,4)16(5,6)20-17/h14H,7-12H2,1-6H3. The van der Waals surface area contributed by atoms with Crippen LogP contribution in [0.5, 0.6) is 0 Å². The van der Waals surface area contributed by atoms with Crippen molar-refractivity contribution < 1.29 is 14.1 Å². The van der Waals surface area contributed by atoms with Gasteiger partial charge in [0, 0.05) is 6.42 Å². The van der Waals surface area contributed by atoms with Gasteiger partial charge in [-0.25, -0.2) is 0 Å². The number of carbonyl (C=O) groups excluding carboxylic acids is 1. The molecule has 1 heterocycles. The fourth-order valence-corrected chi connectivity index (χ4v) is 2.54. The van der Waals surface area contributed by atoms with E-state index >= 15 is 0 Å². The number of hydrogen-bond acceptors (Lipinski definition) is 3. The maximum absolute atomic E-state index is 11.3. The summed E-state index contributed by atoms with van der Waals surface area (Å²) in [7, 11) is -0.170. The highest BCUT2D eigenvalue weighted by atomic mass is 16.7. The Balaban J connectivity index is 2.65. The zero-order valence-electron chi connectivity index (χ0n) is 14.1. The lowest BCUT2D eigenvalue weighted by Gasteiger charge is -2.32. The van der Waals surface area contributed by atoms with E-state index in [1.54, 1.807) is 6.92 Å². The molecule has 0 aromatic heterocycles. The fourth-order valence-electron chi connectivity index (χ4n) is 2.54. The summed E-state index contributed by atoms with van der Waals surface area (Å²) >= 11 is 0. The highest BCUT2D eigenvalue weighted by molar-refractivity contribution is 6.47. The van der Waals surface area contributed by atoms with E-state index in [-0.39, 0.29) is 24.1 Å². The van der Waals surface area contributed by atoms with Crippen LogP contribution in [0.25, 0.3) is 0 Å². The van der Waals surface area contributed by atoms with E-state index in [0.29, 0.717) is 12.2 Å². The van der Waals surface area contributed by atoms with Gasteiger partial charge in [0.25, 0.3) is 0 Å². The summed E-state index contributed by atoms with van der Waals surface area (Å²) in [6.07, 6.45) is 6.21. The third kappa shape index (κ3) is 4.59. The Kier molecular flexibility index (Phi) is 6.27. The summed E-state index contributed by atoms with van der Waals surface area (Å²) in [6.45, 7) is 12.2. The fraction of sp³-hybridized carbons (Fsp3) is 0.938. The number of carbonyl (C=O) groups is 1. The van der Waals surface area contributed by atoms with Gasteiger partial charge in [0.2, 0.25) is 0 Å². The molecule has 0 saturated carbocycles. The summed E-state index contributed by atoms with van der Waals surface area (Å²) in [4.78, 5) is 11.3. The first-order valence-corrected chi connectivity index (χ1v) is 8.04. The van der Waals surface area contributed by atoms with E-state index in [9.17, 15) is 4.79 Å². The van der Waals surface area contributed by atoms with Gasteiger partial charge in [-0.1, -0.05) is 32.6 Å². The van der Waals surface area contributed by atoms with Crippen molar-refractivity contribution in [2.45, 2.75) is 97.1 Å². The number of hydrogen-bond donors (Lipinski definition) is 0. The largest absolute Gasteiger partial charge is 0.461 e. The van der Waals surface area contributed by atoms with Crippen LogP contribution in [0.4, 0.5) is 0 Å². The van der Waals surface area contributed by atoms with Crippen LogP contribution in [0.2, 0.25) is 5.82 Å². The van der Waals surface area contributed by atoms with Crippen molar-refractivity contribution in [1.29, 1.82) is 0 Å². The smallest absolute Gasteiger partial charge is 0.403 e. The second-order valence-electron chi connectivity index (χ2n) is 7.12. The minimum atomic E-state index is -0.281. The molecule has 1 fully saturated rings.